The molecule has 0 spiro atoms. The van der Waals surface area contributed by atoms with Crippen molar-refractivity contribution in [3.8, 4) is 0 Å². The zero-order valence-electron chi connectivity index (χ0n) is 15.9. The summed E-state index contributed by atoms with van der Waals surface area (Å²) < 4.78 is 0. The van der Waals surface area contributed by atoms with Crippen LogP contribution >= 0.6 is 0 Å². The lowest BCUT2D eigenvalue weighted by Gasteiger charge is -2.36. The van der Waals surface area contributed by atoms with E-state index in [1.54, 1.807) is 6.20 Å². The second-order valence-electron chi connectivity index (χ2n) is 7.56. The Balaban J connectivity index is 1.46. The summed E-state index contributed by atoms with van der Waals surface area (Å²) in [6, 6.07) is 5.77. The van der Waals surface area contributed by atoms with E-state index in [1.165, 1.54) is 12.8 Å². The average Bonchev–Trinajstić information content (AvgIpc) is 3.23. The van der Waals surface area contributed by atoms with Crippen LogP contribution in [0.25, 0.3) is 0 Å². The molecule has 142 valence electrons. The molecule has 0 aromatic carbocycles. The Labute approximate surface area is 160 Å². The fourth-order valence-electron chi connectivity index (χ4n) is 4.32. The number of carbonyl (C=O) groups is 1. The summed E-state index contributed by atoms with van der Waals surface area (Å²) in [6.45, 7) is 5.48. The zero-order valence-corrected chi connectivity index (χ0v) is 15.9. The van der Waals surface area contributed by atoms with Crippen LogP contribution in [0.2, 0.25) is 0 Å². The maximum absolute atomic E-state index is 13.4. The maximum Gasteiger partial charge on any atom is 0.244 e. The van der Waals surface area contributed by atoms with Crippen molar-refractivity contribution < 1.29 is 4.79 Å². The fraction of sp³-hybridized carbons (Fsp3) is 0.524. The monoisotopic (exact) mass is 365 g/mol. The van der Waals surface area contributed by atoms with E-state index >= 15 is 0 Å². The van der Waals surface area contributed by atoms with Gasteiger partial charge in [-0.05, 0) is 63.4 Å². The first-order chi connectivity index (χ1) is 13.2. The highest BCUT2D eigenvalue weighted by molar-refractivity contribution is 5.83. The molecule has 0 radical (unpaired) electrons. The van der Waals surface area contributed by atoms with Crippen LogP contribution in [0.1, 0.15) is 54.7 Å². The highest BCUT2D eigenvalue weighted by atomic mass is 16.2. The molecule has 2 aromatic heterocycles. The Hall–Kier alpha value is -2.34. The number of rotatable bonds is 4. The SMILES string of the molecule is Cc1nccc(C2CCN(C(=O)[C@H](c3cccnc3)N3CCCC3)CC2)n1. The standard InChI is InChI=1S/C21H27N5O/c1-16-23-10-6-19(24-16)17-7-13-26(14-8-17)21(27)20(25-11-2-3-12-25)18-5-4-9-22-15-18/h4-6,9-10,15,17,20H,2-3,7-8,11-14H2,1H3/t20-/m0/s1. The minimum absolute atomic E-state index is 0.195. The van der Waals surface area contributed by atoms with E-state index in [0.717, 1.165) is 56.1 Å². The third-order valence-corrected chi connectivity index (χ3v) is 5.76. The Kier molecular flexibility index (Phi) is 5.43. The topological polar surface area (TPSA) is 62.2 Å². The quantitative estimate of drug-likeness (QED) is 0.834. The van der Waals surface area contributed by atoms with Crippen LogP contribution in [0, 0.1) is 6.92 Å². The molecular weight excluding hydrogens is 338 g/mol. The molecular formula is C21H27N5O. The van der Waals surface area contributed by atoms with E-state index < -0.39 is 0 Å². The normalized spacial score (nSPS) is 20.0. The van der Waals surface area contributed by atoms with Gasteiger partial charge in [-0.2, -0.15) is 0 Å². The third-order valence-electron chi connectivity index (χ3n) is 5.76. The minimum atomic E-state index is -0.195. The van der Waals surface area contributed by atoms with Crippen LogP contribution < -0.4 is 0 Å². The Morgan fingerprint density at radius 2 is 1.89 bits per heavy atom. The highest BCUT2D eigenvalue weighted by Crippen LogP contribution is 2.31. The second-order valence-corrected chi connectivity index (χ2v) is 7.56. The number of aromatic nitrogens is 3. The largest absolute Gasteiger partial charge is 0.341 e. The van der Waals surface area contributed by atoms with Crippen LogP contribution in [0.15, 0.2) is 36.8 Å². The molecule has 2 fully saturated rings. The Morgan fingerprint density at radius 3 is 2.56 bits per heavy atom. The molecule has 4 heterocycles. The van der Waals surface area contributed by atoms with Crippen molar-refractivity contribution in [3.63, 3.8) is 0 Å². The zero-order chi connectivity index (χ0) is 18.6. The molecule has 2 aliphatic heterocycles. The van der Waals surface area contributed by atoms with E-state index in [1.807, 2.05) is 42.4 Å². The van der Waals surface area contributed by atoms with Gasteiger partial charge in [0.15, 0.2) is 0 Å². The minimum Gasteiger partial charge on any atom is -0.341 e. The van der Waals surface area contributed by atoms with Gasteiger partial charge >= 0.3 is 0 Å². The maximum atomic E-state index is 13.4. The Bertz CT molecular complexity index is 767. The van der Waals surface area contributed by atoms with Gasteiger partial charge in [0.05, 0.1) is 0 Å². The summed E-state index contributed by atoms with van der Waals surface area (Å²) in [5.74, 6) is 1.46. The molecule has 27 heavy (non-hydrogen) atoms. The molecule has 6 heteroatoms. The number of pyridine rings is 1. The average molecular weight is 365 g/mol. The molecule has 2 aliphatic rings. The van der Waals surface area contributed by atoms with Gasteiger partial charge < -0.3 is 4.90 Å². The molecule has 2 aromatic rings. The van der Waals surface area contributed by atoms with Crippen LogP contribution in [0.5, 0.6) is 0 Å². The van der Waals surface area contributed by atoms with Crippen LogP contribution in [-0.4, -0.2) is 56.8 Å². The summed E-state index contributed by atoms with van der Waals surface area (Å²) in [7, 11) is 0. The van der Waals surface area contributed by atoms with Gasteiger partial charge in [-0.1, -0.05) is 6.07 Å². The van der Waals surface area contributed by atoms with Crippen molar-refractivity contribution in [2.24, 2.45) is 0 Å². The first-order valence-electron chi connectivity index (χ1n) is 9.94. The molecule has 4 rings (SSSR count). The Morgan fingerprint density at radius 1 is 1.11 bits per heavy atom. The molecule has 0 unspecified atom stereocenters. The van der Waals surface area contributed by atoms with Gasteiger partial charge in [0.1, 0.15) is 11.9 Å². The van der Waals surface area contributed by atoms with Gasteiger partial charge in [-0.15, -0.1) is 0 Å². The smallest absolute Gasteiger partial charge is 0.244 e. The first kappa shape index (κ1) is 18.0. The van der Waals surface area contributed by atoms with E-state index in [4.69, 9.17) is 0 Å². The van der Waals surface area contributed by atoms with Crippen LogP contribution in [0.4, 0.5) is 0 Å². The van der Waals surface area contributed by atoms with Gasteiger partial charge in [0, 0.05) is 43.3 Å². The van der Waals surface area contributed by atoms with E-state index in [0.29, 0.717) is 5.92 Å². The summed E-state index contributed by atoms with van der Waals surface area (Å²) >= 11 is 0. The third kappa shape index (κ3) is 4.00. The number of aryl methyl sites for hydroxylation is 1. The molecule has 0 bridgehead atoms. The number of carbonyl (C=O) groups excluding carboxylic acids is 1. The van der Waals surface area contributed by atoms with Gasteiger partial charge in [0.2, 0.25) is 5.91 Å². The van der Waals surface area contributed by atoms with Crippen molar-refractivity contribution >= 4 is 5.91 Å². The van der Waals surface area contributed by atoms with Gasteiger partial charge in [0.25, 0.3) is 0 Å². The lowest BCUT2D eigenvalue weighted by Crippen LogP contribution is -2.45. The molecule has 0 N–H and O–H groups in total. The summed E-state index contributed by atoms with van der Waals surface area (Å²) in [4.78, 5) is 30.8. The lowest BCUT2D eigenvalue weighted by atomic mass is 9.92. The molecule has 0 aliphatic carbocycles. The molecule has 2 saturated heterocycles. The van der Waals surface area contributed by atoms with E-state index in [9.17, 15) is 4.79 Å². The predicted molar refractivity (Wildman–Crippen MR) is 103 cm³/mol. The first-order valence-corrected chi connectivity index (χ1v) is 9.94. The summed E-state index contributed by atoms with van der Waals surface area (Å²) in [5, 5.41) is 0. The van der Waals surface area contributed by atoms with E-state index in [2.05, 4.69) is 19.9 Å². The molecule has 0 saturated carbocycles. The summed E-state index contributed by atoms with van der Waals surface area (Å²) in [6.07, 6.45) is 9.70. The van der Waals surface area contributed by atoms with Crippen molar-refractivity contribution in [3.05, 3.63) is 53.9 Å². The summed E-state index contributed by atoms with van der Waals surface area (Å²) in [5.41, 5.74) is 2.12. The van der Waals surface area contributed by atoms with Gasteiger partial charge in [-0.3, -0.25) is 14.7 Å². The van der Waals surface area contributed by atoms with Crippen LogP contribution in [0.3, 0.4) is 0 Å². The van der Waals surface area contributed by atoms with Crippen molar-refractivity contribution in [1.29, 1.82) is 0 Å². The second kappa shape index (κ2) is 8.13. The van der Waals surface area contributed by atoms with E-state index in [-0.39, 0.29) is 11.9 Å². The number of nitrogens with zero attached hydrogens (tertiary/aromatic N) is 5. The fourth-order valence-corrected chi connectivity index (χ4v) is 4.32. The number of amides is 1. The predicted octanol–water partition coefficient (Wildman–Crippen LogP) is 2.72. The van der Waals surface area contributed by atoms with Gasteiger partial charge in [-0.25, -0.2) is 9.97 Å². The number of likely N-dealkylation sites (tertiary alicyclic amines) is 2. The van der Waals surface area contributed by atoms with Crippen molar-refractivity contribution in [1.82, 2.24) is 24.8 Å². The van der Waals surface area contributed by atoms with Crippen LogP contribution in [-0.2, 0) is 4.79 Å². The highest BCUT2D eigenvalue weighted by Gasteiger charge is 2.35. The number of hydrogen-bond donors (Lipinski definition) is 0. The molecule has 6 nitrogen and oxygen atoms in total. The van der Waals surface area contributed by atoms with Crippen molar-refractivity contribution in [2.45, 2.75) is 44.6 Å². The number of hydrogen-bond acceptors (Lipinski definition) is 5. The lowest BCUT2D eigenvalue weighted by molar-refractivity contribution is -0.138. The van der Waals surface area contributed by atoms with Crippen molar-refractivity contribution in [2.75, 3.05) is 26.2 Å². The molecule has 1 atom stereocenters. The number of piperidine rings is 1. The molecule has 1 amide bonds.